The molecular weight excluding hydrogens is 713 g/mol. The Labute approximate surface area is 314 Å². The number of pyridine rings is 1. The van der Waals surface area contributed by atoms with Crippen molar-refractivity contribution in [2.75, 3.05) is 18.9 Å². The first-order valence-electron chi connectivity index (χ1n) is 18.9. The fourth-order valence-electron chi connectivity index (χ4n) is 9.89. The molecule has 3 aromatic heterocycles. The minimum absolute atomic E-state index is 0.0240. The monoisotopic (exact) mass is 754 g/mol. The highest BCUT2D eigenvalue weighted by Gasteiger charge is 2.96. The van der Waals surface area contributed by atoms with E-state index >= 15 is 0 Å². The largest absolute Gasteiger partial charge is 0.433 e. The van der Waals surface area contributed by atoms with Gasteiger partial charge in [0.25, 0.3) is 0 Å². The first-order chi connectivity index (χ1) is 26.1. The summed E-state index contributed by atoms with van der Waals surface area (Å²) in [7, 11) is 1.80. The number of benzene rings is 1. The number of carbonyl (C=O) groups excluding carboxylic acids is 4. The summed E-state index contributed by atoms with van der Waals surface area (Å²) in [6.45, 7) is 4.91. The lowest BCUT2D eigenvalue weighted by Crippen LogP contribution is -2.45. The van der Waals surface area contributed by atoms with Gasteiger partial charge in [-0.3, -0.25) is 23.9 Å². The third kappa shape index (κ3) is 5.55. The molecule has 4 aromatic rings. The maximum atomic E-state index is 14.6. The van der Waals surface area contributed by atoms with E-state index in [1.165, 1.54) is 13.0 Å². The lowest BCUT2D eigenvalue weighted by Gasteiger charge is -2.26. The van der Waals surface area contributed by atoms with Crippen LogP contribution in [0, 0.1) is 36.5 Å². The molecule has 6 heterocycles. The van der Waals surface area contributed by atoms with Gasteiger partial charge in [-0.1, -0.05) is 18.9 Å². The molecule has 286 valence electrons. The Kier molecular flexibility index (Phi) is 7.84. The quantitative estimate of drug-likeness (QED) is 0.268. The number of carbonyl (C=O) groups is 4. The van der Waals surface area contributed by atoms with Crippen LogP contribution in [-0.4, -0.2) is 83.7 Å². The number of hydrogen-bond donors (Lipinski definition) is 1. The molecular formula is C40H41F3N8O4. The van der Waals surface area contributed by atoms with Crippen LogP contribution in [0.3, 0.4) is 0 Å². The predicted octanol–water partition coefficient (Wildman–Crippen LogP) is 5.55. The number of aromatic nitrogens is 5. The fraction of sp³-hybridized carbons (Fsp3) is 0.500. The predicted molar refractivity (Wildman–Crippen MR) is 193 cm³/mol. The average molecular weight is 755 g/mol. The molecule has 4 bridgehead atoms. The SMILES string of the molecule is CC(=O)c1nn2c3c(cc(-c4cnc(C)nc4)cc13)CCCCCC1(CC1)C(=O)N(C)C[C@]13C4C1[C@H]3N(C(=O)C2)[C@@H]4C(=O)Nc1nc(C(F)(F)F)ccc1C. The van der Waals surface area contributed by atoms with Gasteiger partial charge < -0.3 is 15.1 Å². The van der Waals surface area contributed by atoms with Gasteiger partial charge in [-0.15, -0.1) is 0 Å². The Balaban J connectivity index is 1.12. The maximum absolute atomic E-state index is 14.6. The summed E-state index contributed by atoms with van der Waals surface area (Å²) in [4.78, 5) is 71.7. The van der Waals surface area contributed by atoms with Gasteiger partial charge in [0.05, 0.1) is 5.52 Å². The zero-order valence-electron chi connectivity index (χ0n) is 31.0. The summed E-state index contributed by atoms with van der Waals surface area (Å²) in [6, 6.07) is 4.72. The Bertz CT molecular complexity index is 2320. The lowest BCUT2D eigenvalue weighted by atomic mass is 9.93. The van der Waals surface area contributed by atoms with Gasteiger partial charge in [-0.05, 0) is 86.8 Å². The van der Waals surface area contributed by atoms with Crippen molar-refractivity contribution in [2.24, 2.45) is 22.7 Å². The van der Waals surface area contributed by atoms with Crippen molar-refractivity contribution >= 4 is 40.2 Å². The number of Topliss-reactive ketones (excluding diaryl/α,β-unsaturated/α-hetero) is 1. The molecule has 1 N–H and O–H groups in total. The van der Waals surface area contributed by atoms with Crippen LogP contribution >= 0.6 is 0 Å². The fourth-order valence-corrected chi connectivity index (χ4v) is 9.89. The van der Waals surface area contributed by atoms with Crippen molar-refractivity contribution in [1.82, 2.24) is 34.5 Å². The van der Waals surface area contributed by atoms with Gasteiger partial charge in [0.15, 0.2) is 5.78 Å². The Morgan fingerprint density at radius 1 is 0.964 bits per heavy atom. The topological polar surface area (TPSA) is 143 Å². The van der Waals surface area contributed by atoms with Crippen LogP contribution in [0.25, 0.3) is 22.0 Å². The molecule has 2 spiro atoms. The molecule has 3 aliphatic carbocycles. The molecule has 2 unspecified atom stereocenters. The van der Waals surface area contributed by atoms with E-state index in [-0.39, 0.29) is 47.6 Å². The second kappa shape index (κ2) is 12.1. The van der Waals surface area contributed by atoms with Crippen molar-refractivity contribution in [3.63, 3.8) is 0 Å². The first-order valence-corrected chi connectivity index (χ1v) is 18.9. The minimum atomic E-state index is -4.71. The van der Waals surface area contributed by atoms with Crippen LogP contribution in [-0.2, 0) is 33.5 Å². The van der Waals surface area contributed by atoms with Gasteiger partial charge in [-0.2, -0.15) is 18.3 Å². The molecule has 3 saturated carbocycles. The number of amides is 3. The number of nitrogens with zero attached hydrogens (tertiary/aromatic N) is 7. The van der Waals surface area contributed by atoms with E-state index in [0.717, 1.165) is 61.3 Å². The third-order valence-electron chi connectivity index (χ3n) is 12.8. The average Bonchev–Trinajstić information content (AvgIpc) is 4.05. The van der Waals surface area contributed by atoms with Gasteiger partial charge in [-0.25, -0.2) is 15.0 Å². The normalized spacial score (nSPS) is 26.9. The first kappa shape index (κ1) is 35.5. The third-order valence-corrected chi connectivity index (χ3v) is 12.8. The molecule has 3 aliphatic heterocycles. The zero-order chi connectivity index (χ0) is 38.8. The second-order valence-corrected chi connectivity index (χ2v) is 16.3. The number of rotatable bonds is 4. The van der Waals surface area contributed by atoms with Gasteiger partial charge in [0.1, 0.15) is 35.6 Å². The van der Waals surface area contributed by atoms with E-state index in [2.05, 4.69) is 20.3 Å². The Morgan fingerprint density at radius 2 is 1.71 bits per heavy atom. The number of hydrogen-bond acceptors (Lipinski definition) is 8. The lowest BCUT2D eigenvalue weighted by molar-refractivity contribution is -0.141. The molecule has 5 fully saturated rings. The highest BCUT2D eigenvalue weighted by atomic mass is 19.4. The molecule has 55 heavy (non-hydrogen) atoms. The standard InChI is InChI=1S/C40H41F3N8O4/c1-20-9-10-27(40(41,42)43)46-35(20)47-36(54)33-29-30-34-39(29,30)19-49(4)37(55)38(12-13-38)11-7-5-6-8-23-14-24(25-16-44-22(3)45-17-25)15-26-31(21(2)52)48-50(32(23)26)18-28(53)51(33)34/h9-10,14-17,29-30,33-34H,5-8,11-13,18-19H2,1-4H3,(H,46,47,54)/t29?,30?,33-,34+,39-/m0/s1. The van der Waals surface area contributed by atoms with E-state index in [1.807, 2.05) is 12.1 Å². The summed E-state index contributed by atoms with van der Waals surface area (Å²) >= 11 is 0. The van der Waals surface area contributed by atoms with Crippen LogP contribution in [0.2, 0.25) is 0 Å². The number of alkyl halides is 3. The van der Waals surface area contributed by atoms with Crippen LogP contribution in [0.5, 0.6) is 0 Å². The highest BCUT2D eigenvalue weighted by Crippen LogP contribution is 2.87. The van der Waals surface area contributed by atoms with Crippen LogP contribution < -0.4 is 5.32 Å². The maximum Gasteiger partial charge on any atom is 0.433 e. The van der Waals surface area contributed by atoms with Crippen molar-refractivity contribution in [1.29, 1.82) is 0 Å². The van der Waals surface area contributed by atoms with Crippen molar-refractivity contribution in [3.05, 3.63) is 65.0 Å². The van der Waals surface area contributed by atoms with Crippen molar-refractivity contribution < 1.29 is 32.3 Å². The van der Waals surface area contributed by atoms with E-state index in [4.69, 9.17) is 5.10 Å². The number of ketones is 1. The molecule has 2 saturated heterocycles. The summed E-state index contributed by atoms with van der Waals surface area (Å²) in [5.41, 5.74) is 1.69. The van der Waals surface area contributed by atoms with E-state index in [9.17, 15) is 32.3 Å². The zero-order valence-corrected chi connectivity index (χ0v) is 31.0. The number of halogens is 3. The number of nitrogens with one attached hydrogen (secondary N) is 1. The van der Waals surface area contributed by atoms with Crippen LogP contribution in [0.15, 0.2) is 36.7 Å². The number of anilines is 1. The summed E-state index contributed by atoms with van der Waals surface area (Å²) in [5, 5.41) is 7.94. The Hall–Kier alpha value is -5.21. The van der Waals surface area contributed by atoms with Crippen LogP contribution in [0.4, 0.5) is 19.0 Å². The van der Waals surface area contributed by atoms with Gasteiger partial charge >= 0.3 is 6.18 Å². The Morgan fingerprint density at radius 3 is 2.40 bits per heavy atom. The highest BCUT2D eigenvalue weighted by molar-refractivity contribution is 6.07. The minimum Gasteiger partial charge on any atom is -0.345 e. The number of aryl methyl sites for hydroxylation is 3. The van der Waals surface area contributed by atoms with Crippen molar-refractivity contribution in [2.45, 2.75) is 90.5 Å². The van der Waals surface area contributed by atoms with E-state index < -0.39 is 40.6 Å². The van der Waals surface area contributed by atoms with E-state index in [1.54, 1.807) is 47.8 Å². The van der Waals surface area contributed by atoms with E-state index in [0.29, 0.717) is 35.3 Å². The molecule has 0 radical (unpaired) electrons. The smallest absolute Gasteiger partial charge is 0.345 e. The van der Waals surface area contributed by atoms with Gasteiger partial charge in [0, 0.05) is 66.6 Å². The molecule has 5 atom stereocenters. The van der Waals surface area contributed by atoms with Crippen molar-refractivity contribution in [3.8, 4) is 11.1 Å². The number of piperidine rings is 1. The molecule has 15 heteroatoms. The van der Waals surface area contributed by atoms with Gasteiger partial charge in [0.2, 0.25) is 17.7 Å². The molecule has 3 amide bonds. The molecule has 10 rings (SSSR count). The molecule has 12 nitrogen and oxygen atoms in total. The summed E-state index contributed by atoms with van der Waals surface area (Å²) in [5.74, 6) is -1.08. The molecule has 1 aromatic carbocycles. The van der Waals surface area contributed by atoms with Crippen LogP contribution in [0.1, 0.15) is 78.6 Å². The molecule has 6 aliphatic rings. The second-order valence-electron chi connectivity index (χ2n) is 16.3. The summed E-state index contributed by atoms with van der Waals surface area (Å²) in [6.07, 6.45) is 4.39. The summed E-state index contributed by atoms with van der Waals surface area (Å²) < 4.78 is 42.4.